The minimum atomic E-state index is -0.0530. The quantitative estimate of drug-likeness (QED) is 0.742. The molecule has 150 valence electrons. The molecule has 3 aromatic rings. The van der Waals surface area contributed by atoms with Crippen molar-refractivity contribution in [3.8, 4) is 5.69 Å². The summed E-state index contributed by atoms with van der Waals surface area (Å²) < 4.78 is 7.71. The van der Waals surface area contributed by atoms with Gasteiger partial charge in [-0.05, 0) is 51.1 Å². The number of carbonyl (C=O) groups excluding carboxylic acids is 1. The number of morpholine rings is 1. The lowest BCUT2D eigenvalue weighted by Crippen LogP contribution is -2.65. The van der Waals surface area contributed by atoms with Gasteiger partial charge in [0, 0.05) is 41.6 Å². The molecule has 0 aliphatic carbocycles. The van der Waals surface area contributed by atoms with Crippen LogP contribution in [0.15, 0.2) is 49.1 Å². The van der Waals surface area contributed by atoms with Crippen molar-refractivity contribution in [3.05, 3.63) is 54.6 Å². The number of amides is 1. The number of hydrogen-bond donors (Lipinski definition) is 1. The predicted molar refractivity (Wildman–Crippen MR) is 110 cm³/mol. The van der Waals surface area contributed by atoms with Crippen LogP contribution in [0, 0.1) is 0 Å². The Hall–Kier alpha value is -2.77. The van der Waals surface area contributed by atoms with Gasteiger partial charge in [0.05, 0.1) is 30.7 Å². The molecule has 7 nitrogen and oxygen atoms in total. The minimum Gasteiger partial charge on any atom is -0.378 e. The number of rotatable bonds is 3. The second-order valence-corrected chi connectivity index (χ2v) is 8.39. The van der Waals surface area contributed by atoms with Gasteiger partial charge in [0.15, 0.2) is 0 Å². The number of nitrogens with one attached hydrogen (secondary N) is 1. The van der Waals surface area contributed by atoms with Gasteiger partial charge in [0.25, 0.3) is 5.91 Å². The molecule has 2 aliphatic rings. The Morgan fingerprint density at radius 1 is 1.31 bits per heavy atom. The zero-order valence-corrected chi connectivity index (χ0v) is 16.7. The SMILES string of the molecule is CN1[C@@H]2COC[C@]1(C)C[C@@H](NC(=O)c1cn(-c3cccnc3)c3ncccc13)C2. The van der Waals surface area contributed by atoms with Crippen molar-refractivity contribution in [2.75, 3.05) is 20.3 Å². The molecule has 7 heteroatoms. The Balaban J connectivity index is 1.45. The number of pyridine rings is 2. The summed E-state index contributed by atoms with van der Waals surface area (Å²) in [5.74, 6) is -0.0530. The summed E-state index contributed by atoms with van der Waals surface area (Å²) in [7, 11) is 2.17. The van der Waals surface area contributed by atoms with E-state index in [1.165, 1.54) is 0 Å². The van der Waals surface area contributed by atoms with Crippen LogP contribution in [0.1, 0.15) is 30.1 Å². The number of nitrogens with zero attached hydrogens (tertiary/aromatic N) is 4. The van der Waals surface area contributed by atoms with Gasteiger partial charge in [-0.25, -0.2) is 4.98 Å². The maximum atomic E-state index is 13.3. The Labute approximate surface area is 169 Å². The molecule has 5 rings (SSSR count). The van der Waals surface area contributed by atoms with Gasteiger partial charge >= 0.3 is 0 Å². The molecule has 0 aromatic carbocycles. The molecule has 2 bridgehead atoms. The highest BCUT2D eigenvalue weighted by atomic mass is 16.5. The van der Waals surface area contributed by atoms with Crippen LogP contribution >= 0.6 is 0 Å². The van der Waals surface area contributed by atoms with Crippen LogP contribution in [-0.4, -0.2) is 63.2 Å². The lowest BCUT2D eigenvalue weighted by atomic mass is 9.81. The Bertz CT molecular complexity index is 1050. The molecule has 5 heterocycles. The molecule has 0 spiro atoms. The van der Waals surface area contributed by atoms with Gasteiger partial charge in [-0.15, -0.1) is 0 Å². The van der Waals surface area contributed by atoms with E-state index in [9.17, 15) is 4.79 Å². The Morgan fingerprint density at radius 3 is 2.97 bits per heavy atom. The molecule has 2 saturated heterocycles. The minimum absolute atomic E-state index is 0.0373. The summed E-state index contributed by atoms with van der Waals surface area (Å²) in [4.78, 5) is 24.4. The van der Waals surface area contributed by atoms with E-state index < -0.39 is 0 Å². The summed E-state index contributed by atoms with van der Waals surface area (Å²) in [5, 5.41) is 4.13. The highest BCUT2D eigenvalue weighted by Crippen LogP contribution is 2.35. The van der Waals surface area contributed by atoms with Gasteiger partial charge in [-0.1, -0.05) is 0 Å². The Morgan fingerprint density at radius 2 is 2.17 bits per heavy atom. The Kier molecular flexibility index (Phi) is 4.37. The average Bonchev–Trinajstić information content (AvgIpc) is 3.10. The van der Waals surface area contributed by atoms with Gasteiger partial charge in [-0.2, -0.15) is 0 Å². The van der Waals surface area contributed by atoms with E-state index in [0.717, 1.165) is 36.2 Å². The first-order chi connectivity index (χ1) is 14.0. The number of fused-ring (bicyclic) bond motifs is 3. The monoisotopic (exact) mass is 391 g/mol. The van der Waals surface area contributed by atoms with Gasteiger partial charge in [0.1, 0.15) is 5.65 Å². The standard InChI is InChI=1S/C22H25N5O2/c1-22-10-15(9-17(26(22)2)13-29-14-22)25-21(28)19-12-27(16-5-3-7-23-11-16)20-18(19)6-4-8-24-20/h3-8,11-12,15,17H,9-10,13-14H2,1-2H3,(H,25,28)/t15-,17-,22-/m0/s1. The molecular weight excluding hydrogens is 366 g/mol. The molecule has 0 radical (unpaired) electrons. The largest absolute Gasteiger partial charge is 0.378 e. The number of likely N-dealkylation sites (N-methyl/N-ethyl adjacent to an activating group) is 1. The van der Waals surface area contributed by atoms with E-state index in [0.29, 0.717) is 18.2 Å². The maximum Gasteiger partial charge on any atom is 0.253 e. The molecule has 1 N–H and O–H groups in total. The third-order valence-corrected chi connectivity index (χ3v) is 6.43. The van der Waals surface area contributed by atoms with Crippen molar-refractivity contribution in [2.24, 2.45) is 0 Å². The lowest BCUT2D eigenvalue weighted by Gasteiger charge is -2.53. The van der Waals surface area contributed by atoms with Crippen LogP contribution in [0.3, 0.4) is 0 Å². The topological polar surface area (TPSA) is 72.3 Å². The highest BCUT2D eigenvalue weighted by molar-refractivity contribution is 6.06. The van der Waals surface area contributed by atoms with Crippen LogP contribution in [0.4, 0.5) is 0 Å². The van der Waals surface area contributed by atoms with E-state index >= 15 is 0 Å². The van der Waals surface area contributed by atoms with E-state index in [4.69, 9.17) is 4.74 Å². The van der Waals surface area contributed by atoms with Crippen LogP contribution in [0.5, 0.6) is 0 Å². The first kappa shape index (κ1) is 18.3. The summed E-state index contributed by atoms with van der Waals surface area (Å²) in [6.45, 7) is 3.65. The van der Waals surface area contributed by atoms with E-state index in [1.807, 2.05) is 35.0 Å². The molecular formula is C22H25N5O2. The second kappa shape index (κ2) is 6.93. The summed E-state index contributed by atoms with van der Waals surface area (Å²) in [6.07, 6.45) is 8.90. The molecule has 29 heavy (non-hydrogen) atoms. The smallest absolute Gasteiger partial charge is 0.253 e. The number of aromatic nitrogens is 3. The molecule has 0 unspecified atom stereocenters. The maximum absolute atomic E-state index is 13.3. The van der Waals surface area contributed by atoms with Crippen molar-refractivity contribution >= 4 is 16.9 Å². The van der Waals surface area contributed by atoms with Crippen molar-refractivity contribution in [1.82, 2.24) is 24.8 Å². The molecule has 3 aromatic heterocycles. The highest BCUT2D eigenvalue weighted by Gasteiger charge is 2.45. The van der Waals surface area contributed by atoms with Crippen molar-refractivity contribution in [3.63, 3.8) is 0 Å². The first-order valence-corrected chi connectivity index (χ1v) is 10.0. The zero-order chi connectivity index (χ0) is 20.0. The molecule has 0 saturated carbocycles. The molecule has 2 fully saturated rings. The van der Waals surface area contributed by atoms with Gasteiger partial charge in [-0.3, -0.25) is 19.2 Å². The fraction of sp³-hybridized carbons (Fsp3) is 0.409. The summed E-state index contributed by atoms with van der Waals surface area (Å²) in [5.41, 5.74) is 2.24. The van der Waals surface area contributed by atoms with Gasteiger partial charge in [0.2, 0.25) is 0 Å². The van der Waals surface area contributed by atoms with Crippen LogP contribution in [-0.2, 0) is 4.74 Å². The summed E-state index contributed by atoms with van der Waals surface area (Å²) in [6, 6.07) is 8.12. The normalized spacial score (nSPS) is 27.1. The third kappa shape index (κ3) is 3.10. The van der Waals surface area contributed by atoms with Crippen LogP contribution in [0.2, 0.25) is 0 Å². The molecule has 1 amide bonds. The average molecular weight is 391 g/mol. The zero-order valence-electron chi connectivity index (χ0n) is 16.7. The lowest BCUT2D eigenvalue weighted by molar-refractivity contribution is -0.116. The fourth-order valence-corrected chi connectivity index (χ4v) is 4.75. The first-order valence-electron chi connectivity index (χ1n) is 10.0. The van der Waals surface area contributed by atoms with Crippen molar-refractivity contribution in [1.29, 1.82) is 0 Å². The van der Waals surface area contributed by atoms with Crippen LogP contribution in [0.25, 0.3) is 16.7 Å². The van der Waals surface area contributed by atoms with Crippen molar-refractivity contribution < 1.29 is 9.53 Å². The summed E-state index contributed by atoms with van der Waals surface area (Å²) >= 11 is 0. The van der Waals surface area contributed by atoms with E-state index in [-0.39, 0.29) is 17.5 Å². The number of hydrogen-bond acceptors (Lipinski definition) is 5. The third-order valence-electron chi connectivity index (χ3n) is 6.43. The molecule has 3 atom stereocenters. The van der Waals surface area contributed by atoms with E-state index in [1.54, 1.807) is 18.6 Å². The fourth-order valence-electron chi connectivity index (χ4n) is 4.75. The number of carbonyl (C=O) groups is 1. The van der Waals surface area contributed by atoms with Crippen molar-refractivity contribution in [2.45, 2.75) is 37.4 Å². The predicted octanol–water partition coefficient (Wildman–Crippen LogP) is 2.40. The molecule has 2 aliphatic heterocycles. The van der Waals surface area contributed by atoms with Crippen LogP contribution < -0.4 is 5.32 Å². The van der Waals surface area contributed by atoms with Gasteiger partial charge < -0.3 is 10.1 Å². The number of ether oxygens (including phenoxy) is 1. The second-order valence-electron chi connectivity index (χ2n) is 8.39. The van der Waals surface area contributed by atoms with E-state index in [2.05, 4.69) is 34.2 Å². The number of piperidine rings is 1.